The summed E-state index contributed by atoms with van der Waals surface area (Å²) in [5, 5.41) is 60.6. The number of carbonyl (C=O) groups excluding carboxylic acids is 3. The Balaban J connectivity index is 1.73. The van der Waals surface area contributed by atoms with Gasteiger partial charge in [-0.25, -0.2) is 0 Å². The van der Waals surface area contributed by atoms with Crippen LogP contribution in [0.4, 0.5) is 17.1 Å². The van der Waals surface area contributed by atoms with E-state index in [0.29, 0.717) is 5.69 Å². The van der Waals surface area contributed by atoms with Crippen LogP contribution in [-0.4, -0.2) is 101 Å². The highest BCUT2D eigenvalue weighted by Gasteiger charge is 2.50. The summed E-state index contributed by atoms with van der Waals surface area (Å²) in [4.78, 5) is 47.0. The van der Waals surface area contributed by atoms with Crippen LogP contribution >= 0.6 is 0 Å². The molecule has 3 aliphatic heterocycles. The minimum atomic E-state index is -2.06. The van der Waals surface area contributed by atoms with E-state index < -0.39 is 88.8 Å². The van der Waals surface area contributed by atoms with Gasteiger partial charge >= 0.3 is 11.8 Å². The van der Waals surface area contributed by atoms with Gasteiger partial charge in [-0.3, -0.25) is 19.4 Å². The summed E-state index contributed by atoms with van der Waals surface area (Å²) in [5.41, 5.74) is 0.874. The number of aromatic hydroxyl groups is 3. The van der Waals surface area contributed by atoms with Crippen molar-refractivity contribution in [2.24, 2.45) is 28.7 Å². The zero-order valence-electron chi connectivity index (χ0n) is 36.4. The number of esters is 1. The van der Waals surface area contributed by atoms with E-state index in [0.717, 1.165) is 5.69 Å². The van der Waals surface area contributed by atoms with Crippen molar-refractivity contribution in [3.05, 3.63) is 77.1 Å². The number of ketones is 1. The SMILES string of the molecule is COC1/C=C/OC2(C)Oc3c(C)c(O)c4c(O)c(c(C=Nc5ccc(N(C)C)cc5)c(O)c4c3C2=O)NC(=O)/C(C)=C\C=C\C(C)C(O)C(C)C(O)C(C)C(OC(C)=O)C1C. The molecule has 328 valence electrons. The Kier molecular flexibility index (Phi) is 13.9. The summed E-state index contributed by atoms with van der Waals surface area (Å²) in [7, 11) is 5.20. The number of anilines is 2. The summed E-state index contributed by atoms with van der Waals surface area (Å²) >= 11 is 0. The highest BCUT2D eigenvalue weighted by atomic mass is 16.7. The van der Waals surface area contributed by atoms with E-state index in [-0.39, 0.29) is 44.5 Å². The van der Waals surface area contributed by atoms with Crippen LogP contribution in [0.25, 0.3) is 10.8 Å². The van der Waals surface area contributed by atoms with Crippen LogP contribution in [0, 0.1) is 30.6 Å². The molecule has 6 rings (SSSR count). The number of hydrogen-bond donors (Lipinski definition) is 6. The molecule has 0 aliphatic carbocycles. The number of methoxy groups -OCH3 is 1. The molecule has 1 amide bonds. The van der Waals surface area contributed by atoms with E-state index in [4.69, 9.17) is 18.9 Å². The predicted octanol–water partition coefficient (Wildman–Crippen LogP) is 6.57. The first-order valence-electron chi connectivity index (χ1n) is 20.0. The third-order valence-corrected chi connectivity index (χ3v) is 11.7. The van der Waals surface area contributed by atoms with Gasteiger partial charge in [0, 0.05) is 87.1 Å². The Hall–Kier alpha value is -5.90. The van der Waals surface area contributed by atoms with Crippen LogP contribution in [0.3, 0.4) is 0 Å². The highest BCUT2D eigenvalue weighted by molar-refractivity contribution is 6.24. The molecule has 3 aromatic rings. The number of phenols is 3. The summed E-state index contributed by atoms with van der Waals surface area (Å²) in [6, 6.07) is 7.12. The zero-order chi connectivity index (χ0) is 45.2. The minimum absolute atomic E-state index is 0.0407. The van der Waals surface area contributed by atoms with E-state index in [1.807, 2.05) is 31.1 Å². The van der Waals surface area contributed by atoms with E-state index >= 15 is 0 Å². The van der Waals surface area contributed by atoms with Crippen molar-refractivity contribution in [3.8, 4) is 23.0 Å². The van der Waals surface area contributed by atoms with Crippen LogP contribution in [0.2, 0.25) is 0 Å². The number of ether oxygens (including phenoxy) is 4. The average molecular weight is 844 g/mol. The molecule has 3 heterocycles. The highest BCUT2D eigenvalue weighted by Crippen LogP contribution is 2.55. The molecule has 5 bridgehead atoms. The molecule has 9 atom stereocenters. The summed E-state index contributed by atoms with van der Waals surface area (Å²) in [5.74, 6) is -8.55. The Bertz CT molecular complexity index is 2300. The first kappa shape index (κ1) is 46.2. The number of hydrogen-bond acceptors (Lipinski definition) is 14. The maximum Gasteiger partial charge on any atom is 0.312 e. The van der Waals surface area contributed by atoms with Gasteiger partial charge in [0.25, 0.3) is 11.7 Å². The second-order valence-corrected chi connectivity index (χ2v) is 16.3. The molecule has 0 saturated carbocycles. The number of carbonyl (C=O) groups is 3. The van der Waals surface area contributed by atoms with Crippen LogP contribution in [-0.2, 0) is 23.8 Å². The summed E-state index contributed by atoms with van der Waals surface area (Å²) < 4.78 is 23.6. The lowest BCUT2D eigenvalue weighted by Gasteiger charge is -2.38. The number of nitrogens with one attached hydrogen (secondary N) is 1. The maximum atomic E-state index is 14.5. The van der Waals surface area contributed by atoms with Crippen LogP contribution in [0.15, 0.2) is 65.4 Å². The Morgan fingerprint density at radius 3 is 2.18 bits per heavy atom. The summed E-state index contributed by atoms with van der Waals surface area (Å²) in [6.07, 6.45) is 4.72. The standard InChI is InChI=1S/C46H57N3O12/c1-22-13-12-14-23(2)45(57)48-36-31(21-47-29-15-17-30(18-16-29)49(9)10)40(54)33-34(41(36)55)39(53)27(6)43-35(33)44(56)46(8,61-43)59-20-19-32(58-11)24(3)42(60-28(7)50)26(5)38(52)25(4)37(22)51/h12-22,24-26,32,37-38,42,51-55H,1-11H3,(H,48,57)/b13-12+,20-19+,23-14-,47-21?. The molecule has 9 unspecified atom stereocenters. The Labute approximate surface area is 355 Å². The first-order valence-corrected chi connectivity index (χ1v) is 20.0. The van der Waals surface area contributed by atoms with Crippen LogP contribution in [0.1, 0.15) is 70.0 Å². The van der Waals surface area contributed by atoms with Gasteiger partial charge in [0.05, 0.1) is 52.5 Å². The van der Waals surface area contributed by atoms with E-state index in [2.05, 4.69) is 10.3 Å². The van der Waals surface area contributed by atoms with Gasteiger partial charge in [-0.1, -0.05) is 45.9 Å². The second kappa shape index (κ2) is 18.4. The number of allylic oxidation sites excluding steroid dienone is 2. The van der Waals surface area contributed by atoms with Gasteiger partial charge in [-0.2, -0.15) is 0 Å². The monoisotopic (exact) mass is 843 g/mol. The average Bonchev–Trinajstić information content (AvgIpc) is 3.49. The largest absolute Gasteiger partial charge is 0.507 e. The molecular formula is C46H57N3O12. The van der Waals surface area contributed by atoms with Gasteiger partial charge in [0.1, 0.15) is 23.4 Å². The lowest BCUT2D eigenvalue weighted by Crippen LogP contribution is -2.46. The fraction of sp³-hybridized carbons (Fsp3) is 0.435. The van der Waals surface area contributed by atoms with Crippen molar-refractivity contribution < 1.29 is 58.9 Å². The molecule has 15 nitrogen and oxygen atoms in total. The van der Waals surface area contributed by atoms with Gasteiger partial charge in [-0.05, 0) is 44.2 Å². The van der Waals surface area contributed by atoms with Crippen molar-refractivity contribution in [2.75, 3.05) is 31.4 Å². The normalized spacial score (nSPS) is 29.4. The van der Waals surface area contributed by atoms with Crippen LogP contribution < -0.4 is 15.0 Å². The van der Waals surface area contributed by atoms with Gasteiger partial charge in [0.15, 0.2) is 5.75 Å². The Morgan fingerprint density at radius 1 is 0.918 bits per heavy atom. The summed E-state index contributed by atoms with van der Waals surface area (Å²) in [6.45, 7) is 12.5. The molecule has 0 radical (unpaired) electrons. The third kappa shape index (κ3) is 9.09. The lowest BCUT2D eigenvalue weighted by atomic mass is 9.78. The van der Waals surface area contributed by atoms with Gasteiger partial charge in [-0.15, -0.1) is 0 Å². The predicted molar refractivity (Wildman–Crippen MR) is 232 cm³/mol. The lowest BCUT2D eigenvalue weighted by molar-refractivity contribution is -0.160. The number of phenolic OH excluding ortho intramolecular Hbond substituents is 3. The van der Waals surface area contributed by atoms with E-state index in [1.54, 1.807) is 52.0 Å². The van der Waals surface area contributed by atoms with Crippen molar-refractivity contribution in [3.63, 3.8) is 0 Å². The molecule has 61 heavy (non-hydrogen) atoms. The molecule has 0 spiro atoms. The van der Waals surface area contributed by atoms with Crippen LogP contribution in [0.5, 0.6) is 23.0 Å². The number of fused-ring (bicyclic) bond motifs is 14. The van der Waals surface area contributed by atoms with Crippen molar-refractivity contribution in [1.29, 1.82) is 0 Å². The van der Waals surface area contributed by atoms with Gasteiger partial charge in [0.2, 0.25) is 0 Å². The van der Waals surface area contributed by atoms with Crippen molar-refractivity contribution in [2.45, 2.75) is 85.6 Å². The minimum Gasteiger partial charge on any atom is -0.507 e. The molecule has 3 aliphatic rings. The fourth-order valence-electron chi connectivity index (χ4n) is 7.85. The zero-order valence-corrected chi connectivity index (χ0v) is 36.4. The number of nitrogens with zero attached hydrogens (tertiary/aromatic N) is 2. The topological polar surface area (TPSA) is 217 Å². The fourth-order valence-corrected chi connectivity index (χ4v) is 7.85. The number of rotatable bonds is 5. The molecule has 3 aromatic carbocycles. The Morgan fingerprint density at radius 2 is 1.57 bits per heavy atom. The molecule has 15 heteroatoms. The molecule has 6 N–H and O–H groups in total. The van der Waals surface area contributed by atoms with Crippen molar-refractivity contribution in [1.82, 2.24) is 0 Å². The third-order valence-electron chi connectivity index (χ3n) is 11.7. The number of Topliss-reactive ketones (excluding diaryl/α,β-unsaturated/α-hetero) is 1. The molecular weight excluding hydrogens is 787 g/mol. The quantitative estimate of drug-likeness (QED) is 0.0694. The number of aliphatic hydroxyl groups is 2. The van der Waals surface area contributed by atoms with E-state index in [1.165, 1.54) is 59.4 Å². The number of amides is 1. The van der Waals surface area contributed by atoms with Crippen molar-refractivity contribution >= 4 is 51.7 Å². The molecule has 0 fully saturated rings. The number of aliphatic imine (C=N–C) groups is 1. The number of aliphatic hydroxyl groups excluding tert-OH is 2. The second-order valence-electron chi connectivity index (χ2n) is 16.3. The van der Waals surface area contributed by atoms with Gasteiger partial charge < -0.3 is 54.7 Å². The molecule has 0 aromatic heterocycles. The first-order chi connectivity index (χ1) is 28.6. The maximum absolute atomic E-state index is 14.5. The smallest absolute Gasteiger partial charge is 0.312 e. The van der Waals surface area contributed by atoms with E-state index in [9.17, 15) is 39.9 Å². The molecule has 0 saturated heterocycles. The number of benzene rings is 3.